The highest BCUT2D eigenvalue weighted by molar-refractivity contribution is 7.11. The van der Waals surface area contributed by atoms with Gasteiger partial charge < -0.3 is 30.3 Å². The molecule has 0 unspecified atom stereocenters. The lowest BCUT2D eigenvalue weighted by Crippen LogP contribution is -2.63. The molecule has 0 saturated carbocycles. The third-order valence-electron chi connectivity index (χ3n) is 9.22. The molecular weight excluding hydrogens is 697 g/mol. The maximum atomic E-state index is 14.1. The van der Waals surface area contributed by atoms with Crippen LogP contribution in [0.1, 0.15) is 55.6 Å². The number of thiazole rings is 1. The average molecular weight is 753 g/mol. The van der Waals surface area contributed by atoms with Gasteiger partial charge in [0.1, 0.15) is 12.1 Å². The number of nitrogens with one attached hydrogen (secondary N) is 2. The summed E-state index contributed by atoms with van der Waals surface area (Å²) in [5.74, 6) is 0.259. The van der Waals surface area contributed by atoms with Gasteiger partial charge in [0.25, 0.3) is 0 Å². The third kappa shape index (κ3) is 11.9. The summed E-state index contributed by atoms with van der Waals surface area (Å²) in [6, 6.07) is 12.9. The molecule has 14 heteroatoms. The zero-order valence-corrected chi connectivity index (χ0v) is 33.0. The maximum Gasteiger partial charge on any atom is 0.408 e. The molecule has 3 aromatic rings. The fourth-order valence-corrected chi connectivity index (χ4v) is 7.49. The Morgan fingerprint density at radius 1 is 1.04 bits per heavy atom. The normalized spacial score (nSPS) is 17.1. The number of hydrogen-bond donors (Lipinski definition) is 4. The quantitative estimate of drug-likeness (QED) is 0.168. The van der Waals surface area contributed by atoms with E-state index in [0.29, 0.717) is 44.1 Å². The number of β-amino-alcohol motifs (C(OH)–C–C–N with tert-alkyl or cyclic N) is 1. The van der Waals surface area contributed by atoms with Crippen LogP contribution in [0.4, 0.5) is 4.79 Å². The first-order valence-corrected chi connectivity index (χ1v) is 18.8. The summed E-state index contributed by atoms with van der Waals surface area (Å²) in [6.07, 6.45) is -0.370. The smallest absolute Gasteiger partial charge is 0.408 e. The molecule has 4 atom stereocenters. The number of amides is 3. The van der Waals surface area contributed by atoms with Crippen molar-refractivity contribution in [2.24, 2.45) is 5.92 Å². The molecule has 1 saturated heterocycles. The molecule has 1 aromatic heterocycles. The Balaban J connectivity index is 1.57. The molecule has 0 radical (unpaired) electrons. The fourth-order valence-electron chi connectivity index (χ4n) is 6.70. The van der Waals surface area contributed by atoms with E-state index in [-0.39, 0.29) is 24.9 Å². The zero-order valence-electron chi connectivity index (χ0n) is 32.2. The zero-order chi connectivity index (χ0) is 38.9. The van der Waals surface area contributed by atoms with Crippen molar-refractivity contribution in [3.05, 3.63) is 75.7 Å². The van der Waals surface area contributed by atoms with Crippen LogP contribution in [0.15, 0.2) is 54.7 Å². The summed E-state index contributed by atoms with van der Waals surface area (Å²) in [7, 11) is 3.19. The lowest BCUT2D eigenvalue weighted by atomic mass is 9.97. The van der Waals surface area contributed by atoms with E-state index in [1.807, 2.05) is 81.1 Å². The highest BCUT2D eigenvalue weighted by Crippen LogP contribution is 2.29. The Kier molecular flexibility index (Phi) is 14.6. The van der Waals surface area contributed by atoms with Crippen LogP contribution in [0.5, 0.6) is 11.5 Å². The molecular formula is C39H56N6O7S. The van der Waals surface area contributed by atoms with Gasteiger partial charge in [-0.05, 0) is 63.3 Å². The van der Waals surface area contributed by atoms with Crippen molar-refractivity contribution in [2.75, 3.05) is 40.4 Å². The number of piperazine rings is 1. The van der Waals surface area contributed by atoms with Gasteiger partial charge in [-0.1, -0.05) is 50.2 Å². The molecule has 2 aromatic carbocycles. The van der Waals surface area contributed by atoms with Crippen molar-refractivity contribution >= 4 is 29.2 Å². The molecule has 53 heavy (non-hydrogen) atoms. The molecule has 4 N–H and O–H groups in total. The number of nitrogens with zero attached hydrogens (tertiary/aromatic N) is 4. The van der Waals surface area contributed by atoms with Crippen molar-refractivity contribution in [3.63, 3.8) is 0 Å². The maximum absolute atomic E-state index is 14.1. The van der Waals surface area contributed by atoms with E-state index < -0.39 is 41.8 Å². The van der Waals surface area contributed by atoms with Crippen molar-refractivity contribution in [2.45, 2.75) is 90.8 Å². The van der Waals surface area contributed by atoms with Gasteiger partial charge in [0, 0.05) is 49.3 Å². The lowest BCUT2D eigenvalue weighted by molar-refractivity contribution is -0.133. The second kappa shape index (κ2) is 18.7. The van der Waals surface area contributed by atoms with Gasteiger partial charge in [-0.25, -0.2) is 9.78 Å². The number of carboxylic acid groups (broad SMARTS) is 1. The summed E-state index contributed by atoms with van der Waals surface area (Å²) >= 11 is 1.38. The summed E-state index contributed by atoms with van der Waals surface area (Å²) in [4.78, 5) is 50.8. The van der Waals surface area contributed by atoms with Crippen LogP contribution in [-0.4, -0.2) is 118 Å². The molecule has 4 rings (SSSR count). The van der Waals surface area contributed by atoms with Crippen LogP contribution in [0.25, 0.3) is 0 Å². The molecule has 0 aliphatic carbocycles. The van der Waals surface area contributed by atoms with Crippen LogP contribution in [0.3, 0.4) is 0 Å². The van der Waals surface area contributed by atoms with Gasteiger partial charge in [0.15, 0.2) is 11.5 Å². The van der Waals surface area contributed by atoms with Gasteiger partial charge in [0.05, 0.1) is 37.9 Å². The Bertz CT molecular complexity index is 1660. The first kappa shape index (κ1) is 41.5. The summed E-state index contributed by atoms with van der Waals surface area (Å²) in [5, 5.41) is 29.2. The number of benzene rings is 2. The minimum Gasteiger partial charge on any atom is -0.493 e. The minimum absolute atomic E-state index is 0.0150. The van der Waals surface area contributed by atoms with Gasteiger partial charge in [-0.2, -0.15) is 0 Å². The first-order valence-electron chi connectivity index (χ1n) is 18.0. The number of aliphatic hydroxyl groups excluding tert-OH is 1. The molecule has 290 valence electrons. The Labute approximate surface area is 317 Å². The molecule has 0 bridgehead atoms. The number of ether oxygens (including phenoxy) is 2. The SMILES string of the molecule is COc1ccc(CN2CCN(C[C@H](O)[C@H](Cc3ccccc3)NC(=O)[C@H](C(C)C)N(Cc3cnc(C)s3)C(=O)O)[C@H](C(=O)NC(C)(C)C)C2)cc1OC. The third-order valence-corrected chi connectivity index (χ3v) is 10.1. The van der Waals surface area contributed by atoms with E-state index in [1.54, 1.807) is 34.3 Å². The van der Waals surface area contributed by atoms with Crippen molar-refractivity contribution in [1.29, 1.82) is 0 Å². The molecule has 1 aliphatic rings. The largest absolute Gasteiger partial charge is 0.493 e. The summed E-state index contributed by atoms with van der Waals surface area (Å²) < 4.78 is 10.9. The number of hydrogen-bond acceptors (Lipinski definition) is 10. The topological polar surface area (TPSA) is 157 Å². The van der Waals surface area contributed by atoms with Crippen LogP contribution >= 0.6 is 11.3 Å². The van der Waals surface area contributed by atoms with E-state index in [1.165, 1.54) is 11.3 Å². The number of methoxy groups -OCH3 is 2. The molecule has 1 aliphatic heterocycles. The summed E-state index contributed by atoms with van der Waals surface area (Å²) in [6.45, 7) is 13.5. The molecule has 2 heterocycles. The summed E-state index contributed by atoms with van der Waals surface area (Å²) in [5.41, 5.74) is 1.43. The second-order valence-electron chi connectivity index (χ2n) is 15.0. The van der Waals surface area contributed by atoms with Gasteiger partial charge >= 0.3 is 6.09 Å². The van der Waals surface area contributed by atoms with E-state index in [9.17, 15) is 24.6 Å². The van der Waals surface area contributed by atoms with Crippen LogP contribution in [0, 0.1) is 12.8 Å². The number of aryl methyl sites for hydroxylation is 1. The van der Waals surface area contributed by atoms with E-state index >= 15 is 0 Å². The fraction of sp³-hybridized carbons (Fsp3) is 0.538. The Hall–Kier alpha value is -4.24. The van der Waals surface area contributed by atoms with Crippen molar-refractivity contribution in [3.8, 4) is 11.5 Å². The monoisotopic (exact) mass is 752 g/mol. The van der Waals surface area contributed by atoms with E-state index in [2.05, 4.69) is 20.5 Å². The molecule has 1 fully saturated rings. The average Bonchev–Trinajstić information content (AvgIpc) is 3.51. The van der Waals surface area contributed by atoms with Crippen LogP contribution in [0.2, 0.25) is 0 Å². The van der Waals surface area contributed by atoms with Crippen LogP contribution in [-0.2, 0) is 29.1 Å². The predicted molar refractivity (Wildman–Crippen MR) is 205 cm³/mol. The predicted octanol–water partition coefficient (Wildman–Crippen LogP) is 4.16. The highest BCUT2D eigenvalue weighted by Gasteiger charge is 2.38. The van der Waals surface area contributed by atoms with E-state index in [4.69, 9.17) is 9.47 Å². The molecule has 13 nitrogen and oxygen atoms in total. The minimum atomic E-state index is -1.22. The van der Waals surface area contributed by atoms with Crippen molar-refractivity contribution in [1.82, 2.24) is 30.3 Å². The number of carbonyl (C=O) groups excluding carboxylic acids is 2. The van der Waals surface area contributed by atoms with Crippen molar-refractivity contribution < 1.29 is 34.1 Å². The number of rotatable bonds is 16. The standard InChI is InChI=1S/C39H56N6O7S/c1-25(2)35(45(38(49)50)22-29-20-40-26(3)53-29)37(48)41-30(18-27-12-10-9-11-13-27)32(46)24-44-17-16-43(23-31(44)36(47)42-39(4,5)6)21-28-14-15-33(51-7)34(19-28)52-8/h9-15,19-20,25,30-32,35,46H,16-18,21-24H2,1-8H3,(H,41,48)(H,42,47)(H,49,50)/t30-,31-,32-,35-/m0/s1. The number of carbonyl (C=O) groups is 3. The highest BCUT2D eigenvalue weighted by atomic mass is 32.1. The van der Waals surface area contributed by atoms with Gasteiger partial charge in [-0.3, -0.25) is 24.3 Å². The van der Waals surface area contributed by atoms with E-state index in [0.717, 1.165) is 25.9 Å². The number of aromatic nitrogens is 1. The Morgan fingerprint density at radius 3 is 2.32 bits per heavy atom. The molecule has 0 spiro atoms. The molecule has 3 amide bonds. The first-order chi connectivity index (χ1) is 25.1. The Morgan fingerprint density at radius 2 is 1.74 bits per heavy atom. The second-order valence-corrected chi connectivity index (χ2v) is 16.3. The lowest BCUT2D eigenvalue weighted by Gasteiger charge is -2.43. The van der Waals surface area contributed by atoms with Gasteiger partial charge in [-0.15, -0.1) is 11.3 Å². The van der Waals surface area contributed by atoms with Crippen LogP contribution < -0.4 is 20.1 Å². The number of aliphatic hydroxyl groups is 1. The van der Waals surface area contributed by atoms with Gasteiger partial charge in [0.2, 0.25) is 11.8 Å².